The fraction of sp³-hybridized carbons (Fsp3) is 0.917. The summed E-state index contributed by atoms with van der Waals surface area (Å²) in [6.07, 6.45) is 4.77. The fourth-order valence-electron chi connectivity index (χ4n) is 2.41. The van der Waals surface area contributed by atoms with Crippen molar-refractivity contribution in [1.82, 2.24) is 5.32 Å². The van der Waals surface area contributed by atoms with E-state index < -0.39 is 0 Å². The summed E-state index contributed by atoms with van der Waals surface area (Å²) in [7, 11) is 1.47. The van der Waals surface area contributed by atoms with E-state index in [9.17, 15) is 4.79 Å². The van der Waals surface area contributed by atoms with E-state index in [-0.39, 0.29) is 12.0 Å². The van der Waals surface area contributed by atoms with Crippen molar-refractivity contribution in [2.75, 3.05) is 13.7 Å². The highest BCUT2D eigenvalue weighted by molar-refractivity contribution is 5.76. The number of likely N-dealkylation sites (N-methyl/N-ethyl adjacent to an activating group) is 1. The molecule has 0 amide bonds. The van der Waals surface area contributed by atoms with E-state index >= 15 is 0 Å². The number of hydrogen-bond acceptors (Lipinski definition) is 3. The van der Waals surface area contributed by atoms with Gasteiger partial charge in [-0.1, -0.05) is 26.7 Å². The molecule has 0 radical (unpaired) electrons. The number of nitrogens with one attached hydrogen (secondary N) is 1. The van der Waals surface area contributed by atoms with E-state index in [4.69, 9.17) is 4.74 Å². The van der Waals surface area contributed by atoms with Gasteiger partial charge in [0.2, 0.25) is 0 Å². The predicted molar refractivity (Wildman–Crippen MR) is 60.6 cm³/mol. The van der Waals surface area contributed by atoms with Gasteiger partial charge >= 0.3 is 5.97 Å². The summed E-state index contributed by atoms with van der Waals surface area (Å²) in [6.45, 7) is 5.14. The summed E-state index contributed by atoms with van der Waals surface area (Å²) < 4.78 is 4.84. The Hall–Kier alpha value is -0.570. The standard InChI is InChI=1S/C12H23NO2/c1-4-13-11(12(14)15-3)10-7-5-9(2)6-8-10/h9-11,13H,4-8H2,1-3H3. The van der Waals surface area contributed by atoms with Crippen molar-refractivity contribution in [3.8, 4) is 0 Å². The molecule has 3 heteroatoms. The molecule has 3 nitrogen and oxygen atoms in total. The van der Waals surface area contributed by atoms with Gasteiger partial charge in [-0.2, -0.15) is 0 Å². The zero-order valence-electron chi connectivity index (χ0n) is 10.1. The van der Waals surface area contributed by atoms with Crippen LogP contribution in [0.25, 0.3) is 0 Å². The maximum atomic E-state index is 11.6. The number of carbonyl (C=O) groups excluding carboxylic acids is 1. The second kappa shape index (κ2) is 6.11. The Morgan fingerprint density at radius 3 is 2.47 bits per heavy atom. The molecule has 1 aliphatic rings. The Bertz CT molecular complexity index is 198. The van der Waals surface area contributed by atoms with Crippen molar-refractivity contribution in [2.24, 2.45) is 11.8 Å². The maximum Gasteiger partial charge on any atom is 0.323 e. The van der Waals surface area contributed by atoms with Crippen LogP contribution in [0, 0.1) is 11.8 Å². The van der Waals surface area contributed by atoms with E-state index in [1.807, 2.05) is 6.92 Å². The van der Waals surface area contributed by atoms with Crippen molar-refractivity contribution in [3.63, 3.8) is 0 Å². The van der Waals surface area contributed by atoms with Crippen molar-refractivity contribution in [2.45, 2.75) is 45.6 Å². The van der Waals surface area contributed by atoms with E-state index in [0.29, 0.717) is 5.92 Å². The van der Waals surface area contributed by atoms with Crippen molar-refractivity contribution >= 4 is 5.97 Å². The molecule has 88 valence electrons. The Morgan fingerprint density at radius 1 is 1.40 bits per heavy atom. The molecular weight excluding hydrogens is 190 g/mol. The Kier molecular flexibility index (Phi) is 5.09. The fourth-order valence-corrected chi connectivity index (χ4v) is 2.41. The van der Waals surface area contributed by atoms with Gasteiger partial charge in [-0.05, 0) is 31.2 Å². The van der Waals surface area contributed by atoms with Crippen molar-refractivity contribution in [1.29, 1.82) is 0 Å². The molecule has 1 rings (SSSR count). The van der Waals surface area contributed by atoms with Crippen LogP contribution in [0.5, 0.6) is 0 Å². The summed E-state index contributed by atoms with van der Waals surface area (Å²) >= 11 is 0. The average molecular weight is 213 g/mol. The number of methoxy groups -OCH3 is 1. The number of ether oxygens (including phenoxy) is 1. The Morgan fingerprint density at radius 2 is 2.00 bits per heavy atom. The predicted octanol–water partition coefficient (Wildman–Crippen LogP) is 1.96. The number of esters is 1. The van der Waals surface area contributed by atoms with Crippen LogP contribution >= 0.6 is 0 Å². The molecule has 1 N–H and O–H groups in total. The third-order valence-corrected chi connectivity index (χ3v) is 3.41. The summed E-state index contributed by atoms with van der Waals surface area (Å²) in [5, 5.41) is 3.24. The molecule has 0 aromatic heterocycles. The first-order valence-electron chi connectivity index (χ1n) is 6.00. The molecule has 1 atom stereocenters. The van der Waals surface area contributed by atoms with E-state index in [1.54, 1.807) is 0 Å². The van der Waals surface area contributed by atoms with E-state index in [0.717, 1.165) is 25.3 Å². The van der Waals surface area contributed by atoms with Gasteiger partial charge in [-0.3, -0.25) is 4.79 Å². The third kappa shape index (κ3) is 3.49. The number of rotatable bonds is 4. The molecule has 0 saturated heterocycles. The molecule has 0 aliphatic heterocycles. The molecule has 1 saturated carbocycles. The van der Waals surface area contributed by atoms with Crippen molar-refractivity contribution in [3.05, 3.63) is 0 Å². The molecule has 0 aromatic rings. The van der Waals surface area contributed by atoms with Crippen LogP contribution in [0.4, 0.5) is 0 Å². The molecule has 1 unspecified atom stereocenters. The molecule has 0 aromatic carbocycles. The van der Waals surface area contributed by atoms with Crippen molar-refractivity contribution < 1.29 is 9.53 Å². The van der Waals surface area contributed by atoms with Crippen LogP contribution in [-0.2, 0) is 9.53 Å². The quantitative estimate of drug-likeness (QED) is 0.726. The second-order valence-electron chi connectivity index (χ2n) is 4.58. The third-order valence-electron chi connectivity index (χ3n) is 3.41. The Labute approximate surface area is 92.6 Å². The van der Waals surface area contributed by atoms with Gasteiger partial charge in [0.05, 0.1) is 7.11 Å². The lowest BCUT2D eigenvalue weighted by molar-refractivity contribution is -0.145. The number of hydrogen-bond donors (Lipinski definition) is 1. The highest BCUT2D eigenvalue weighted by Crippen LogP contribution is 2.30. The van der Waals surface area contributed by atoms with Crippen LogP contribution in [0.1, 0.15) is 39.5 Å². The largest absolute Gasteiger partial charge is 0.468 e. The topological polar surface area (TPSA) is 38.3 Å². The van der Waals surface area contributed by atoms with Crippen LogP contribution in [-0.4, -0.2) is 25.7 Å². The van der Waals surface area contributed by atoms with Gasteiger partial charge in [0.1, 0.15) is 6.04 Å². The zero-order chi connectivity index (χ0) is 11.3. The first-order chi connectivity index (χ1) is 7.19. The van der Waals surface area contributed by atoms with Gasteiger partial charge in [0.15, 0.2) is 0 Å². The molecule has 0 heterocycles. The minimum atomic E-state index is -0.101. The molecule has 15 heavy (non-hydrogen) atoms. The highest BCUT2D eigenvalue weighted by Gasteiger charge is 2.30. The molecule has 0 bridgehead atoms. The van der Waals surface area contributed by atoms with E-state index in [1.165, 1.54) is 20.0 Å². The lowest BCUT2D eigenvalue weighted by Gasteiger charge is -2.31. The van der Waals surface area contributed by atoms with Gasteiger partial charge in [0, 0.05) is 0 Å². The Balaban J connectivity index is 2.51. The smallest absolute Gasteiger partial charge is 0.323 e. The molecule has 0 spiro atoms. The van der Waals surface area contributed by atoms with Crippen LogP contribution in [0.15, 0.2) is 0 Å². The van der Waals surface area contributed by atoms with Crippen LogP contribution < -0.4 is 5.32 Å². The number of carbonyl (C=O) groups is 1. The summed E-state index contributed by atoms with van der Waals surface area (Å²) in [4.78, 5) is 11.6. The van der Waals surface area contributed by atoms with Gasteiger partial charge in [0.25, 0.3) is 0 Å². The lowest BCUT2D eigenvalue weighted by atomic mass is 9.79. The second-order valence-corrected chi connectivity index (χ2v) is 4.58. The first kappa shape index (κ1) is 12.5. The average Bonchev–Trinajstić information content (AvgIpc) is 2.26. The monoisotopic (exact) mass is 213 g/mol. The highest BCUT2D eigenvalue weighted by atomic mass is 16.5. The maximum absolute atomic E-state index is 11.6. The van der Waals surface area contributed by atoms with Crippen LogP contribution in [0.3, 0.4) is 0 Å². The first-order valence-corrected chi connectivity index (χ1v) is 6.00. The van der Waals surface area contributed by atoms with Gasteiger partial charge in [-0.25, -0.2) is 0 Å². The minimum Gasteiger partial charge on any atom is -0.468 e. The van der Waals surface area contributed by atoms with E-state index in [2.05, 4.69) is 12.2 Å². The SMILES string of the molecule is CCNC(C(=O)OC)C1CCC(C)CC1. The van der Waals surface area contributed by atoms with Gasteiger partial charge in [-0.15, -0.1) is 0 Å². The molecular formula is C12H23NO2. The summed E-state index contributed by atoms with van der Waals surface area (Å²) in [5.74, 6) is 1.19. The minimum absolute atomic E-state index is 0.0903. The normalized spacial score (nSPS) is 28.5. The van der Waals surface area contributed by atoms with Crippen LogP contribution in [0.2, 0.25) is 0 Å². The summed E-state index contributed by atoms with van der Waals surface area (Å²) in [5.41, 5.74) is 0. The summed E-state index contributed by atoms with van der Waals surface area (Å²) in [6, 6.07) is -0.0903. The zero-order valence-corrected chi connectivity index (χ0v) is 10.1. The van der Waals surface area contributed by atoms with Gasteiger partial charge < -0.3 is 10.1 Å². The molecule has 1 aliphatic carbocycles. The molecule has 1 fully saturated rings. The lowest BCUT2D eigenvalue weighted by Crippen LogP contribution is -2.44.